The highest BCUT2D eigenvalue weighted by Gasteiger charge is 2.37. The number of carbonyl (C=O) groups is 1. The molecule has 5 nitrogen and oxygen atoms in total. The number of hydrogen-bond acceptors (Lipinski definition) is 4. The van der Waals surface area contributed by atoms with Gasteiger partial charge >= 0.3 is 0 Å². The first-order valence-corrected chi connectivity index (χ1v) is 7.94. The third-order valence-corrected chi connectivity index (χ3v) is 5.23. The number of aromatic nitrogens is 1. The van der Waals surface area contributed by atoms with Crippen LogP contribution in [0.3, 0.4) is 0 Å². The van der Waals surface area contributed by atoms with Gasteiger partial charge in [-0.1, -0.05) is 19.3 Å². The third-order valence-electron chi connectivity index (χ3n) is 5.23. The number of anilines is 1. The number of hydrazine groups is 1. The lowest BCUT2D eigenvalue weighted by Crippen LogP contribution is -2.44. The lowest BCUT2D eigenvalue weighted by atomic mass is 9.68. The molecule has 5 heteroatoms. The minimum Gasteiger partial charge on any atom is -0.339 e. The number of amides is 1. The number of likely N-dealkylation sites (tertiary alicyclic amines) is 1. The predicted molar refractivity (Wildman–Crippen MR) is 82.7 cm³/mol. The first-order chi connectivity index (χ1) is 10.2. The molecule has 1 aliphatic heterocycles. The second kappa shape index (κ2) is 6.02. The van der Waals surface area contributed by atoms with Gasteiger partial charge in [0.1, 0.15) is 0 Å². The van der Waals surface area contributed by atoms with Crippen molar-refractivity contribution in [2.75, 3.05) is 18.5 Å². The predicted octanol–water partition coefficient (Wildman–Crippen LogP) is 2.55. The van der Waals surface area contributed by atoms with Crippen LogP contribution in [0.25, 0.3) is 0 Å². The molecule has 3 N–H and O–H groups in total. The van der Waals surface area contributed by atoms with Gasteiger partial charge in [-0.25, -0.2) is 0 Å². The van der Waals surface area contributed by atoms with Crippen molar-refractivity contribution in [1.82, 2.24) is 9.88 Å². The Morgan fingerprint density at radius 1 is 1.19 bits per heavy atom. The standard InChI is InChI=1S/C16H24N4O/c17-19-14-12-18-9-4-13(14)15(21)20-10-7-16(8-11-20)5-2-1-3-6-16/h4,9,12,19H,1-3,5-8,10-11,17H2. The Bertz CT molecular complexity index is 501. The summed E-state index contributed by atoms with van der Waals surface area (Å²) in [6.07, 6.45) is 12.3. The van der Waals surface area contributed by atoms with Crippen molar-refractivity contribution in [2.24, 2.45) is 11.3 Å². The van der Waals surface area contributed by atoms with E-state index >= 15 is 0 Å². The molecule has 0 bridgehead atoms. The Kier molecular flexibility index (Phi) is 4.10. The van der Waals surface area contributed by atoms with Crippen molar-refractivity contribution in [3.05, 3.63) is 24.0 Å². The molecule has 0 aromatic carbocycles. The number of rotatable bonds is 2. The van der Waals surface area contributed by atoms with Gasteiger partial charge in [0.05, 0.1) is 17.4 Å². The average molecular weight is 288 g/mol. The molecule has 2 fully saturated rings. The summed E-state index contributed by atoms with van der Waals surface area (Å²) in [5, 5.41) is 0. The molecule has 0 unspecified atom stereocenters. The number of nitrogens with two attached hydrogens (primary N) is 1. The topological polar surface area (TPSA) is 71.2 Å². The van der Waals surface area contributed by atoms with E-state index in [1.807, 2.05) is 4.90 Å². The van der Waals surface area contributed by atoms with Crippen LogP contribution in [0.5, 0.6) is 0 Å². The molecule has 1 saturated carbocycles. The van der Waals surface area contributed by atoms with Crippen molar-refractivity contribution >= 4 is 11.6 Å². The highest BCUT2D eigenvalue weighted by atomic mass is 16.2. The second-order valence-electron chi connectivity index (χ2n) is 6.42. The van der Waals surface area contributed by atoms with Gasteiger partial charge in [-0.05, 0) is 37.2 Å². The highest BCUT2D eigenvalue weighted by molar-refractivity contribution is 5.99. The molecule has 0 radical (unpaired) electrons. The lowest BCUT2D eigenvalue weighted by Gasteiger charge is -2.44. The number of nitrogens with zero attached hydrogens (tertiary/aromatic N) is 2. The van der Waals surface area contributed by atoms with E-state index in [2.05, 4.69) is 10.4 Å². The highest BCUT2D eigenvalue weighted by Crippen LogP contribution is 2.44. The number of carbonyl (C=O) groups excluding carboxylic acids is 1. The maximum Gasteiger partial charge on any atom is 0.256 e. The SMILES string of the molecule is NNc1cnccc1C(=O)N1CCC2(CCCCC2)CC1. The Balaban J connectivity index is 1.67. The minimum absolute atomic E-state index is 0.0657. The molecule has 1 aromatic heterocycles. The van der Waals surface area contributed by atoms with Crippen molar-refractivity contribution in [3.63, 3.8) is 0 Å². The van der Waals surface area contributed by atoms with Crippen LogP contribution in [0, 0.1) is 5.41 Å². The molecule has 2 heterocycles. The minimum atomic E-state index is 0.0657. The Morgan fingerprint density at radius 3 is 2.57 bits per heavy atom. The van der Waals surface area contributed by atoms with Crippen LogP contribution < -0.4 is 11.3 Å². The van der Waals surface area contributed by atoms with Crippen molar-refractivity contribution in [1.29, 1.82) is 0 Å². The molecule has 1 aromatic rings. The van der Waals surface area contributed by atoms with Gasteiger partial charge in [-0.3, -0.25) is 15.6 Å². The first kappa shape index (κ1) is 14.3. The summed E-state index contributed by atoms with van der Waals surface area (Å²) in [7, 11) is 0. The van der Waals surface area contributed by atoms with Crippen molar-refractivity contribution < 1.29 is 4.79 Å². The largest absolute Gasteiger partial charge is 0.339 e. The van der Waals surface area contributed by atoms with Gasteiger partial charge in [0.25, 0.3) is 5.91 Å². The smallest absolute Gasteiger partial charge is 0.256 e. The quantitative estimate of drug-likeness (QED) is 0.648. The molecular formula is C16H24N4O. The molecule has 21 heavy (non-hydrogen) atoms. The molecule has 1 aliphatic carbocycles. The first-order valence-electron chi connectivity index (χ1n) is 7.94. The molecule has 1 saturated heterocycles. The number of nitrogen functional groups attached to an aromatic ring is 1. The van der Waals surface area contributed by atoms with E-state index in [0.717, 1.165) is 25.9 Å². The van der Waals surface area contributed by atoms with Gasteiger partial charge < -0.3 is 10.3 Å². The number of nitrogens with one attached hydrogen (secondary N) is 1. The van der Waals surface area contributed by atoms with Crippen LogP contribution in [0.1, 0.15) is 55.3 Å². The van der Waals surface area contributed by atoms with Crippen LogP contribution in [0.15, 0.2) is 18.5 Å². The monoisotopic (exact) mass is 288 g/mol. The van der Waals surface area contributed by atoms with Crippen LogP contribution in [-0.4, -0.2) is 28.9 Å². The molecule has 2 aliphatic rings. The molecule has 1 spiro atoms. The summed E-state index contributed by atoms with van der Waals surface area (Å²) < 4.78 is 0. The Morgan fingerprint density at radius 2 is 1.90 bits per heavy atom. The van der Waals surface area contributed by atoms with Gasteiger partial charge in [-0.2, -0.15) is 0 Å². The Hall–Kier alpha value is -1.62. The fourth-order valence-corrected chi connectivity index (χ4v) is 3.85. The number of piperidine rings is 1. The molecule has 0 atom stereocenters. The fourth-order valence-electron chi connectivity index (χ4n) is 3.85. The summed E-state index contributed by atoms with van der Waals surface area (Å²) in [5.74, 6) is 5.53. The third kappa shape index (κ3) is 2.88. The summed E-state index contributed by atoms with van der Waals surface area (Å²) >= 11 is 0. The maximum atomic E-state index is 12.7. The van der Waals surface area contributed by atoms with E-state index in [9.17, 15) is 4.79 Å². The summed E-state index contributed by atoms with van der Waals surface area (Å²) in [6, 6.07) is 1.74. The zero-order valence-corrected chi connectivity index (χ0v) is 12.5. The summed E-state index contributed by atoms with van der Waals surface area (Å²) in [6.45, 7) is 1.73. The van der Waals surface area contributed by atoms with Crippen molar-refractivity contribution in [3.8, 4) is 0 Å². The normalized spacial score (nSPS) is 21.3. The number of pyridine rings is 1. The molecule has 1 amide bonds. The molecule has 114 valence electrons. The zero-order chi connectivity index (χ0) is 14.7. The van der Waals surface area contributed by atoms with Gasteiger partial charge in [-0.15, -0.1) is 0 Å². The average Bonchev–Trinajstić information content (AvgIpc) is 2.56. The second-order valence-corrected chi connectivity index (χ2v) is 6.42. The van der Waals surface area contributed by atoms with Crippen molar-refractivity contribution in [2.45, 2.75) is 44.9 Å². The van der Waals surface area contributed by atoms with Crippen LogP contribution >= 0.6 is 0 Å². The zero-order valence-electron chi connectivity index (χ0n) is 12.5. The van der Waals surface area contributed by atoms with E-state index in [4.69, 9.17) is 5.84 Å². The van der Waals surface area contributed by atoms with Gasteiger partial charge in [0, 0.05) is 19.3 Å². The van der Waals surface area contributed by atoms with Crippen LogP contribution in [0.4, 0.5) is 5.69 Å². The van der Waals surface area contributed by atoms with E-state index in [1.165, 1.54) is 32.1 Å². The van der Waals surface area contributed by atoms with E-state index in [1.54, 1.807) is 18.5 Å². The number of hydrogen-bond donors (Lipinski definition) is 2. The fraction of sp³-hybridized carbons (Fsp3) is 0.625. The van der Waals surface area contributed by atoms with E-state index in [-0.39, 0.29) is 5.91 Å². The lowest BCUT2D eigenvalue weighted by molar-refractivity contribution is 0.0472. The summed E-state index contributed by atoms with van der Waals surface area (Å²) in [5.41, 5.74) is 4.29. The Labute approximate surface area is 125 Å². The van der Waals surface area contributed by atoms with E-state index in [0.29, 0.717) is 16.7 Å². The van der Waals surface area contributed by atoms with E-state index < -0.39 is 0 Å². The van der Waals surface area contributed by atoms with Gasteiger partial charge in [0.15, 0.2) is 0 Å². The van der Waals surface area contributed by atoms with Crippen LogP contribution in [0.2, 0.25) is 0 Å². The summed E-state index contributed by atoms with van der Waals surface area (Å²) in [4.78, 5) is 18.6. The maximum absolute atomic E-state index is 12.7. The molecule has 3 rings (SSSR count). The van der Waals surface area contributed by atoms with Gasteiger partial charge in [0.2, 0.25) is 0 Å². The van der Waals surface area contributed by atoms with Crippen LogP contribution in [-0.2, 0) is 0 Å². The molecular weight excluding hydrogens is 264 g/mol.